The molecule has 0 radical (unpaired) electrons. The first-order valence-electron chi connectivity index (χ1n) is 7.88. The van der Waals surface area contributed by atoms with Crippen LogP contribution in [0.5, 0.6) is 0 Å². The van der Waals surface area contributed by atoms with E-state index in [9.17, 15) is 0 Å². The summed E-state index contributed by atoms with van der Waals surface area (Å²) in [5.41, 5.74) is 6.83. The number of nitrogens with two attached hydrogens (primary N) is 1. The third kappa shape index (κ3) is 3.96. The molecule has 1 fully saturated rings. The van der Waals surface area contributed by atoms with Crippen molar-refractivity contribution in [3.05, 3.63) is 0 Å². The number of hydrogen-bond donors (Lipinski definition) is 1. The molecule has 0 amide bonds. The van der Waals surface area contributed by atoms with Crippen molar-refractivity contribution in [1.82, 2.24) is 4.90 Å². The van der Waals surface area contributed by atoms with E-state index in [0.29, 0.717) is 17.5 Å². The topological polar surface area (TPSA) is 29.3 Å². The molecule has 0 bridgehead atoms. The highest BCUT2D eigenvalue weighted by molar-refractivity contribution is 4.92. The Kier molecular flexibility index (Phi) is 6.13. The van der Waals surface area contributed by atoms with E-state index in [1.165, 1.54) is 45.1 Å². The van der Waals surface area contributed by atoms with Crippen LogP contribution in [0.2, 0.25) is 0 Å². The zero-order valence-electron chi connectivity index (χ0n) is 13.2. The number of unbranched alkanes of at least 4 members (excludes halogenated alkanes) is 1. The van der Waals surface area contributed by atoms with Gasteiger partial charge in [-0.25, -0.2) is 0 Å². The van der Waals surface area contributed by atoms with E-state index in [1.54, 1.807) is 0 Å². The molecule has 0 aromatic rings. The Bertz CT molecular complexity index is 237. The van der Waals surface area contributed by atoms with Crippen LogP contribution >= 0.6 is 0 Å². The third-order valence-corrected chi connectivity index (χ3v) is 5.32. The summed E-state index contributed by atoms with van der Waals surface area (Å²) in [7, 11) is 2.27. The average molecular weight is 254 g/mol. The summed E-state index contributed by atoms with van der Waals surface area (Å²) >= 11 is 0. The summed E-state index contributed by atoms with van der Waals surface area (Å²) in [6, 6.07) is 0.983. The lowest BCUT2D eigenvalue weighted by Crippen LogP contribution is -2.51. The van der Waals surface area contributed by atoms with Crippen molar-refractivity contribution in [3.63, 3.8) is 0 Å². The maximum absolute atomic E-state index is 6.36. The SMILES string of the molecule is CCCCN(C)C1CC(C(C)(C)CC)CCC1N. The number of hydrogen-bond acceptors (Lipinski definition) is 2. The molecule has 0 saturated heterocycles. The van der Waals surface area contributed by atoms with Gasteiger partial charge in [-0.15, -0.1) is 0 Å². The predicted octanol–water partition coefficient (Wildman–Crippen LogP) is 3.65. The van der Waals surface area contributed by atoms with E-state index in [2.05, 4.69) is 39.6 Å². The summed E-state index contributed by atoms with van der Waals surface area (Å²) in [5, 5.41) is 0. The molecule has 0 heterocycles. The molecule has 0 aromatic carbocycles. The Morgan fingerprint density at radius 3 is 2.44 bits per heavy atom. The highest BCUT2D eigenvalue weighted by Gasteiger charge is 2.37. The van der Waals surface area contributed by atoms with E-state index < -0.39 is 0 Å². The molecule has 0 spiro atoms. The van der Waals surface area contributed by atoms with E-state index >= 15 is 0 Å². The van der Waals surface area contributed by atoms with Crippen LogP contribution in [-0.2, 0) is 0 Å². The summed E-state index contributed by atoms with van der Waals surface area (Å²) in [4.78, 5) is 2.52. The fourth-order valence-corrected chi connectivity index (χ4v) is 3.25. The Morgan fingerprint density at radius 1 is 1.22 bits per heavy atom. The van der Waals surface area contributed by atoms with Gasteiger partial charge < -0.3 is 10.6 Å². The van der Waals surface area contributed by atoms with Crippen molar-refractivity contribution in [1.29, 1.82) is 0 Å². The quantitative estimate of drug-likeness (QED) is 0.784. The van der Waals surface area contributed by atoms with Crippen LogP contribution in [0, 0.1) is 11.3 Å². The lowest BCUT2D eigenvalue weighted by molar-refractivity contribution is 0.0724. The highest BCUT2D eigenvalue weighted by atomic mass is 15.1. The van der Waals surface area contributed by atoms with Crippen molar-refractivity contribution < 1.29 is 0 Å². The van der Waals surface area contributed by atoms with Gasteiger partial charge in [0.25, 0.3) is 0 Å². The fourth-order valence-electron chi connectivity index (χ4n) is 3.25. The smallest absolute Gasteiger partial charge is 0.0246 e. The Balaban J connectivity index is 2.61. The van der Waals surface area contributed by atoms with Crippen LogP contribution in [0.4, 0.5) is 0 Å². The van der Waals surface area contributed by atoms with Crippen LogP contribution < -0.4 is 5.73 Å². The van der Waals surface area contributed by atoms with Crippen molar-refractivity contribution >= 4 is 0 Å². The molecule has 1 aliphatic rings. The molecular formula is C16H34N2. The minimum Gasteiger partial charge on any atom is -0.326 e. The maximum atomic E-state index is 6.36. The van der Waals surface area contributed by atoms with Crippen LogP contribution in [0.15, 0.2) is 0 Å². The molecule has 0 aromatic heterocycles. The fraction of sp³-hybridized carbons (Fsp3) is 1.00. The van der Waals surface area contributed by atoms with Gasteiger partial charge in [-0.1, -0.05) is 40.5 Å². The highest BCUT2D eigenvalue weighted by Crippen LogP contribution is 2.41. The first-order chi connectivity index (χ1) is 8.42. The molecule has 2 heteroatoms. The largest absolute Gasteiger partial charge is 0.326 e. The molecule has 108 valence electrons. The zero-order valence-corrected chi connectivity index (χ0v) is 13.2. The molecule has 1 saturated carbocycles. The van der Waals surface area contributed by atoms with Crippen molar-refractivity contribution in [3.8, 4) is 0 Å². The lowest BCUT2D eigenvalue weighted by Gasteiger charge is -2.45. The summed E-state index contributed by atoms with van der Waals surface area (Å²) in [6.45, 7) is 10.6. The molecule has 1 aliphatic carbocycles. The summed E-state index contributed by atoms with van der Waals surface area (Å²) < 4.78 is 0. The van der Waals surface area contributed by atoms with Gasteiger partial charge in [0, 0.05) is 12.1 Å². The van der Waals surface area contributed by atoms with E-state index in [1.807, 2.05) is 0 Å². The van der Waals surface area contributed by atoms with E-state index in [-0.39, 0.29) is 0 Å². The van der Waals surface area contributed by atoms with Crippen molar-refractivity contribution in [2.75, 3.05) is 13.6 Å². The molecule has 2 nitrogen and oxygen atoms in total. The lowest BCUT2D eigenvalue weighted by atomic mass is 9.67. The summed E-state index contributed by atoms with van der Waals surface area (Å²) in [5.74, 6) is 0.844. The number of nitrogens with zero attached hydrogens (tertiary/aromatic N) is 1. The molecule has 3 atom stereocenters. The maximum Gasteiger partial charge on any atom is 0.0246 e. The second kappa shape index (κ2) is 6.91. The molecule has 0 aliphatic heterocycles. The minimum atomic E-state index is 0.385. The van der Waals surface area contributed by atoms with Gasteiger partial charge in [0.2, 0.25) is 0 Å². The Labute approximate surface area is 114 Å². The Morgan fingerprint density at radius 2 is 1.89 bits per heavy atom. The van der Waals surface area contributed by atoms with Crippen LogP contribution in [0.3, 0.4) is 0 Å². The van der Waals surface area contributed by atoms with Gasteiger partial charge in [-0.2, -0.15) is 0 Å². The summed E-state index contributed by atoms with van der Waals surface area (Å²) in [6.07, 6.45) is 7.66. The number of likely N-dealkylation sites (N-methyl/N-ethyl adjacent to an activating group) is 1. The van der Waals surface area contributed by atoms with Gasteiger partial charge in [0.15, 0.2) is 0 Å². The minimum absolute atomic E-state index is 0.385. The van der Waals surface area contributed by atoms with Gasteiger partial charge in [0.1, 0.15) is 0 Å². The Hall–Kier alpha value is -0.0800. The second-order valence-corrected chi connectivity index (χ2v) is 6.92. The van der Waals surface area contributed by atoms with Crippen LogP contribution in [0.25, 0.3) is 0 Å². The van der Waals surface area contributed by atoms with Crippen molar-refractivity contribution in [2.45, 2.75) is 78.3 Å². The van der Waals surface area contributed by atoms with Gasteiger partial charge >= 0.3 is 0 Å². The third-order valence-electron chi connectivity index (χ3n) is 5.32. The van der Waals surface area contributed by atoms with Gasteiger partial charge in [-0.3, -0.25) is 0 Å². The standard InChI is InChI=1S/C16H34N2/c1-6-8-11-18(5)15-12-13(9-10-14(15)17)16(3,4)7-2/h13-15H,6-12,17H2,1-5H3. The van der Waals surface area contributed by atoms with Crippen LogP contribution in [0.1, 0.15) is 66.2 Å². The van der Waals surface area contributed by atoms with Crippen LogP contribution in [-0.4, -0.2) is 30.6 Å². The molecule has 1 rings (SSSR count). The second-order valence-electron chi connectivity index (χ2n) is 6.92. The molecule has 2 N–H and O–H groups in total. The zero-order chi connectivity index (χ0) is 13.8. The van der Waals surface area contributed by atoms with Gasteiger partial charge in [-0.05, 0) is 50.6 Å². The monoisotopic (exact) mass is 254 g/mol. The molecule has 3 unspecified atom stereocenters. The normalized spacial score (nSPS) is 29.8. The first kappa shape index (κ1) is 16.0. The first-order valence-corrected chi connectivity index (χ1v) is 7.88. The average Bonchev–Trinajstić information content (AvgIpc) is 2.36. The predicted molar refractivity (Wildman–Crippen MR) is 80.7 cm³/mol. The molecule has 18 heavy (non-hydrogen) atoms. The van der Waals surface area contributed by atoms with Crippen molar-refractivity contribution in [2.24, 2.45) is 17.1 Å². The van der Waals surface area contributed by atoms with E-state index in [0.717, 1.165) is 5.92 Å². The van der Waals surface area contributed by atoms with E-state index in [4.69, 9.17) is 5.73 Å². The van der Waals surface area contributed by atoms with Gasteiger partial charge in [0.05, 0.1) is 0 Å². The molecular weight excluding hydrogens is 220 g/mol. The number of rotatable bonds is 6.